The minimum atomic E-state index is -0.979. The third-order valence-electron chi connectivity index (χ3n) is 12.4. The summed E-state index contributed by atoms with van der Waals surface area (Å²) in [4.78, 5) is 91.6. The Morgan fingerprint density at radius 1 is 0.292 bits per heavy atom. The van der Waals surface area contributed by atoms with Crippen molar-refractivity contribution in [2.45, 2.75) is 277 Å². The van der Waals surface area contributed by atoms with Crippen molar-refractivity contribution in [2.75, 3.05) is 47.1 Å². The second-order valence-corrected chi connectivity index (χ2v) is 19.8. The number of esters is 7. The molecule has 0 amide bonds. The van der Waals surface area contributed by atoms with Crippen LogP contribution in [0, 0.1) is 0 Å². The molecule has 15 nitrogen and oxygen atoms in total. The van der Waals surface area contributed by atoms with Crippen molar-refractivity contribution in [1.29, 1.82) is 0 Å². The second-order valence-electron chi connectivity index (χ2n) is 19.8. The molecule has 0 heterocycles. The molecule has 0 aliphatic carbocycles. The molecule has 0 saturated heterocycles. The van der Waals surface area contributed by atoms with E-state index in [4.69, 9.17) is 33.2 Å². The summed E-state index contributed by atoms with van der Waals surface area (Å²) in [6.45, 7) is 8.36. The Morgan fingerprint density at radius 3 is 0.806 bits per heavy atom. The van der Waals surface area contributed by atoms with Gasteiger partial charge in [-0.25, -0.2) is 0 Å². The van der Waals surface area contributed by atoms with Crippen LogP contribution < -0.4 is 0 Å². The maximum Gasteiger partial charge on any atom is 0.306 e. The highest BCUT2D eigenvalue weighted by atomic mass is 16.6. The van der Waals surface area contributed by atoms with Crippen LogP contribution in [0.25, 0.3) is 0 Å². The molecule has 0 bridgehead atoms. The molecule has 0 fully saturated rings. The average molecular weight is 1030 g/mol. The normalized spacial score (nSPS) is 11.3. The Balaban J connectivity index is 5.55. The molecule has 0 rings (SSSR count). The highest BCUT2D eigenvalue weighted by Gasteiger charge is 2.23. The standard InChI is InChI=1S/C57H103NO14/c1-7-11-15-19-23-27-36-51(59)66-44-49(45-67-52(60)37-28-24-20-16-12-8-2)71-55(63)40-31-34-48(70-57(65)42-33-43-58(5)6)35-32-41-56(64)72-50(46-68-53(61)38-29-25-21-17-13-9-3)47-69-54(62)39-30-26-22-18-14-10-4/h48-50H,7-47H2,1-6H3. The van der Waals surface area contributed by atoms with Gasteiger partial charge in [-0.3, -0.25) is 33.6 Å². The van der Waals surface area contributed by atoms with Crippen molar-refractivity contribution in [3.8, 4) is 0 Å². The molecular formula is C57H103NO14. The summed E-state index contributed by atoms with van der Waals surface area (Å²) in [6.07, 6.45) is 24.8. The highest BCUT2D eigenvalue weighted by molar-refractivity contribution is 5.72. The first-order valence-electron chi connectivity index (χ1n) is 28.7. The summed E-state index contributed by atoms with van der Waals surface area (Å²) < 4.78 is 39.2. The van der Waals surface area contributed by atoms with Crippen molar-refractivity contribution >= 4 is 41.8 Å². The molecule has 0 N–H and O–H groups in total. The van der Waals surface area contributed by atoms with E-state index in [9.17, 15) is 33.6 Å². The largest absolute Gasteiger partial charge is 0.462 e. The van der Waals surface area contributed by atoms with E-state index in [-0.39, 0.29) is 90.2 Å². The molecule has 420 valence electrons. The van der Waals surface area contributed by atoms with Crippen LogP contribution in [0.4, 0.5) is 0 Å². The van der Waals surface area contributed by atoms with Crippen LogP contribution in [-0.2, 0) is 66.7 Å². The first-order chi connectivity index (χ1) is 34.8. The molecule has 0 aromatic carbocycles. The zero-order valence-electron chi connectivity index (χ0n) is 46.4. The number of unbranched alkanes of at least 4 members (excludes halogenated alkanes) is 20. The lowest BCUT2D eigenvalue weighted by molar-refractivity contribution is -0.167. The van der Waals surface area contributed by atoms with E-state index in [1.807, 2.05) is 19.0 Å². The van der Waals surface area contributed by atoms with Gasteiger partial charge in [-0.1, -0.05) is 156 Å². The lowest BCUT2D eigenvalue weighted by atomic mass is 10.1. The quantitative estimate of drug-likeness (QED) is 0.0318. The van der Waals surface area contributed by atoms with E-state index in [0.717, 1.165) is 128 Å². The van der Waals surface area contributed by atoms with Gasteiger partial charge in [0.05, 0.1) is 0 Å². The number of carbonyl (C=O) groups is 7. The van der Waals surface area contributed by atoms with Gasteiger partial charge >= 0.3 is 41.8 Å². The molecule has 0 spiro atoms. The van der Waals surface area contributed by atoms with Crippen molar-refractivity contribution in [1.82, 2.24) is 4.90 Å². The van der Waals surface area contributed by atoms with Gasteiger partial charge in [-0.2, -0.15) is 0 Å². The lowest BCUT2D eigenvalue weighted by Gasteiger charge is -2.20. The topological polar surface area (TPSA) is 187 Å². The summed E-state index contributed by atoms with van der Waals surface area (Å²) in [7, 11) is 3.84. The van der Waals surface area contributed by atoms with E-state index < -0.39 is 54.1 Å². The monoisotopic (exact) mass is 1030 g/mol. The molecule has 0 unspecified atom stereocenters. The molecular weight excluding hydrogens is 923 g/mol. The summed E-state index contributed by atoms with van der Waals surface area (Å²) in [5.74, 6) is -3.14. The van der Waals surface area contributed by atoms with Gasteiger partial charge in [0.2, 0.25) is 0 Å². The predicted octanol–water partition coefficient (Wildman–Crippen LogP) is 12.6. The highest BCUT2D eigenvalue weighted by Crippen LogP contribution is 2.18. The van der Waals surface area contributed by atoms with Crippen LogP contribution in [0.15, 0.2) is 0 Å². The number of hydrogen-bond donors (Lipinski definition) is 0. The lowest BCUT2D eigenvalue weighted by Crippen LogP contribution is -2.31. The summed E-state index contributed by atoms with van der Waals surface area (Å²) in [5, 5.41) is 0. The van der Waals surface area contributed by atoms with E-state index in [1.54, 1.807) is 0 Å². The van der Waals surface area contributed by atoms with Crippen molar-refractivity contribution in [2.24, 2.45) is 0 Å². The van der Waals surface area contributed by atoms with E-state index >= 15 is 0 Å². The zero-order valence-corrected chi connectivity index (χ0v) is 46.4. The molecule has 0 aliphatic rings. The second kappa shape index (κ2) is 49.5. The van der Waals surface area contributed by atoms with Crippen LogP contribution in [0.2, 0.25) is 0 Å². The summed E-state index contributed by atoms with van der Waals surface area (Å²) >= 11 is 0. The van der Waals surface area contributed by atoms with Crippen LogP contribution in [0.1, 0.15) is 259 Å². The molecule has 72 heavy (non-hydrogen) atoms. The molecule has 0 radical (unpaired) electrons. The van der Waals surface area contributed by atoms with Crippen molar-refractivity contribution in [3.63, 3.8) is 0 Å². The van der Waals surface area contributed by atoms with Gasteiger partial charge in [-0.05, 0) is 78.4 Å². The smallest absolute Gasteiger partial charge is 0.306 e. The van der Waals surface area contributed by atoms with Gasteiger partial charge < -0.3 is 38.1 Å². The fourth-order valence-corrected chi connectivity index (χ4v) is 7.95. The van der Waals surface area contributed by atoms with Gasteiger partial charge in [0, 0.05) is 44.9 Å². The zero-order chi connectivity index (χ0) is 53.3. The third-order valence-corrected chi connectivity index (χ3v) is 12.4. The van der Waals surface area contributed by atoms with Gasteiger partial charge in [0.1, 0.15) is 32.5 Å². The predicted molar refractivity (Wildman–Crippen MR) is 281 cm³/mol. The Labute approximate surface area is 436 Å². The average Bonchev–Trinajstić information content (AvgIpc) is 3.34. The van der Waals surface area contributed by atoms with E-state index in [2.05, 4.69) is 27.7 Å². The third kappa shape index (κ3) is 46.1. The number of rotatable bonds is 51. The van der Waals surface area contributed by atoms with Gasteiger partial charge in [-0.15, -0.1) is 0 Å². The first kappa shape index (κ1) is 68.2. The van der Waals surface area contributed by atoms with Crippen LogP contribution in [0.3, 0.4) is 0 Å². The van der Waals surface area contributed by atoms with Gasteiger partial charge in [0.15, 0.2) is 12.2 Å². The van der Waals surface area contributed by atoms with E-state index in [1.165, 1.54) is 0 Å². The molecule has 15 heteroatoms. The Hall–Kier alpha value is -3.75. The number of ether oxygens (including phenoxy) is 7. The molecule has 0 atom stereocenters. The van der Waals surface area contributed by atoms with Crippen LogP contribution in [0.5, 0.6) is 0 Å². The van der Waals surface area contributed by atoms with Crippen molar-refractivity contribution in [3.05, 3.63) is 0 Å². The first-order valence-corrected chi connectivity index (χ1v) is 28.7. The fourth-order valence-electron chi connectivity index (χ4n) is 7.95. The Morgan fingerprint density at radius 2 is 0.528 bits per heavy atom. The Bertz CT molecular complexity index is 1240. The van der Waals surface area contributed by atoms with E-state index in [0.29, 0.717) is 51.5 Å². The SMILES string of the molecule is CCCCCCCCC(=O)OCC(COC(=O)CCCCCCCC)OC(=O)CCCC(CCCC(=O)OC(COC(=O)CCCCCCCC)COC(=O)CCCCCCCC)OC(=O)CCCN(C)C. The summed E-state index contributed by atoms with van der Waals surface area (Å²) in [6, 6.07) is 0. The molecule has 0 saturated carbocycles. The number of nitrogens with zero attached hydrogens (tertiary/aromatic N) is 1. The maximum atomic E-state index is 13.2. The molecule has 0 aromatic rings. The van der Waals surface area contributed by atoms with Crippen LogP contribution >= 0.6 is 0 Å². The minimum Gasteiger partial charge on any atom is -0.462 e. The minimum absolute atomic E-state index is 0.0402. The molecule has 0 aromatic heterocycles. The van der Waals surface area contributed by atoms with Crippen LogP contribution in [-0.4, -0.2) is 112 Å². The Kier molecular flexibility index (Phi) is 46.9. The van der Waals surface area contributed by atoms with Gasteiger partial charge in [0.25, 0.3) is 0 Å². The van der Waals surface area contributed by atoms with Crippen molar-refractivity contribution < 1.29 is 66.7 Å². The maximum absolute atomic E-state index is 13.2. The number of carbonyl (C=O) groups excluding carboxylic acids is 7. The number of hydrogen-bond acceptors (Lipinski definition) is 15. The molecule has 0 aliphatic heterocycles. The summed E-state index contributed by atoms with van der Waals surface area (Å²) in [5.41, 5.74) is 0. The fraction of sp³-hybridized carbons (Fsp3) is 0.877.